The summed E-state index contributed by atoms with van der Waals surface area (Å²) in [5.74, 6) is -1.40. The highest BCUT2D eigenvalue weighted by molar-refractivity contribution is 6.30. The molecular formula is C21H18ClN3O3. The van der Waals surface area contributed by atoms with Crippen LogP contribution in [0.3, 0.4) is 0 Å². The molecule has 2 N–H and O–H groups in total. The van der Waals surface area contributed by atoms with Gasteiger partial charge in [0, 0.05) is 22.9 Å². The van der Waals surface area contributed by atoms with Crippen LogP contribution in [0.25, 0.3) is 11.8 Å². The van der Waals surface area contributed by atoms with E-state index in [1.165, 1.54) is 6.08 Å². The fourth-order valence-electron chi connectivity index (χ4n) is 2.66. The summed E-state index contributed by atoms with van der Waals surface area (Å²) in [5, 5.41) is 16.6. The number of carboxylic acids is 1. The van der Waals surface area contributed by atoms with E-state index in [2.05, 4.69) is 10.4 Å². The summed E-state index contributed by atoms with van der Waals surface area (Å²) in [7, 11) is 0. The summed E-state index contributed by atoms with van der Waals surface area (Å²) >= 11 is 5.87. The molecule has 7 heteroatoms. The molecule has 1 aromatic heterocycles. The number of hydrogen-bond donors (Lipinski definition) is 2. The van der Waals surface area contributed by atoms with Crippen molar-refractivity contribution in [3.05, 3.63) is 89.2 Å². The topological polar surface area (TPSA) is 84.2 Å². The number of para-hydroxylation sites is 1. The Morgan fingerprint density at radius 1 is 1.14 bits per heavy atom. The van der Waals surface area contributed by atoms with Gasteiger partial charge < -0.3 is 10.4 Å². The molecular weight excluding hydrogens is 378 g/mol. The Balaban J connectivity index is 1.68. The first kappa shape index (κ1) is 19.4. The lowest BCUT2D eigenvalue weighted by atomic mass is 10.0. The largest absolute Gasteiger partial charge is 0.481 e. The number of nitrogens with one attached hydrogen (secondary N) is 1. The maximum absolute atomic E-state index is 12.3. The number of hydrogen-bond acceptors (Lipinski definition) is 3. The third-order valence-corrected chi connectivity index (χ3v) is 4.27. The maximum atomic E-state index is 12.3. The Kier molecular flexibility index (Phi) is 6.24. The van der Waals surface area contributed by atoms with E-state index in [0.29, 0.717) is 10.6 Å². The average Bonchev–Trinajstić information content (AvgIpc) is 3.16. The monoisotopic (exact) mass is 395 g/mol. The van der Waals surface area contributed by atoms with Crippen molar-refractivity contribution in [2.45, 2.75) is 12.5 Å². The van der Waals surface area contributed by atoms with Crippen LogP contribution in [0.2, 0.25) is 5.02 Å². The molecule has 6 nitrogen and oxygen atoms in total. The third-order valence-electron chi connectivity index (χ3n) is 4.02. The van der Waals surface area contributed by atoms with Gasteiger partial charge in [0.05, 0.1) is 24.3 Å². The summed E-state index contributed by atoms with van der Waals surface area (Å²) in [5.41, 5.74) is 2.33. The summed E-state index contributed by atoms with van der Waals surface area (Å²) in [4.78, 5) is 23.4. The first-order valence-corrected chi connectivity index (χ1v) is 8.95. The summed E-state index contributed by atoms with van der Waals surface area (Å²) in [6.45, 7) is 0. The zero-order valence-electron chi connectivity index (χ0n) is 14.8. The van der Waals surface area contributed by atoms with Crippen molar-refractivity contribution in [2.75, 3.05) is 0 Å². The summed E-state index contributed by atoms with van der Waals surface area (Å²) in [6, 6.07) is 15.7. The van der Waals surface area contributed by atoms with Gasteiger partial charge in [0.2, 0.25) is 5.91 Å². The number of aliphatic carboxylic acids is 1. The summed E-state index contributed by atoms with van der Waals surface area (Å²) < 4.78 is 1.71. The van der Waals surface area contributed by atoms with Gasteiger partial charge in [0.25, 0.3) is 0 Å². The van der Waals surface area contributed by atoms with Gasteiger partial charge in [-0.2, -0.15) is 5.10 Å². The minimum atomic E-state index is -1.01. The van der Waals surface area contributed by atoms with Gasteiger partial charge in [-0.1, -0.05) is 41.9 Å². The number of halogens is 1. The van der Waals surface area contributed by atoms with Crippen LogP contribution in [0.5, 0.6) is 0 Å². The fourth-order valence-corrected chi connectivity index (χ4v) is 2.78. The molecule has 1 amide bonds. The smallest absolute Gasteiger partial charge is 0.305 e. The van der Waals surface area contributed by atoms with Gasteiger partial charge in [0.15, 0.2) is 0 Å². The van der Waals surface area contributed by atoms with Gasteiger partial charge >= 0.3 is 5.97 Å². The fraction of sp³-hybridized carbons (Fsp3) is 0.0952. The Labute approximate surface area is 167 Å². The van der Waals surface area contributed by atoms with Crippen LogP contribution < -0.4 is 5.32 Å². The van der Waals surface area contributed by atoms with E-state index in [0.717, 1.165) is 11.3 Å². The lowest BCUT2D eigenvalue weighted by molar-refractivity contribution is -0.137. The lowest BCUT2D eigenvalue weighted by Crippen LogP contribution is -2.28. The van der Waals surface area contributed by atoms with Crippen LogP contribution in [-0.2, 0) is 9.59 Å². The van der Waals surface area contributed by atoms with Crippen molar-refractivity contribution in [2.24, 2.45) is 0 Å². The van der Waals surface area contributed by atoms with E-state index in [9.17, 15) is 9.59 Å². The number of aromatic nitrogens is 2. The number of rotatable bonds is 7. The highest BCUT2D eigenvalue weighted by atomic mass is 35.5. The standard InChI is InChI=1S/C21H18ClN3O3/c22-17-9-7-16(8-10-17)19(12-21(27)28)24-20(26)11-6-15-13-23-25(14-15)18-4-2-1-3-5-18/h1-11,13-14,19H,12H2,(H,24,26)(H,27,28)/b11-6+. The Bertz CT molecular complexity index is 982. The number of benzene rings is 2. The molecule has 3 aromatic rings. The number of carbonyl (C=O) groups excluding carboxylic acids is 1. The number of nitrogens with zero attached hydrogens (tertiary/aromatic N) is 2. The van der Waals surface area contributed by atoms with Crippen LogP contribution in [0.4, 0.5) is 0 Å². The van der Waals surface area contributed by atoms with Crippen LogP contribution in [-0.4, -0.2) is 26.8 Å². The van der Waals surface area contributed by atoms with E-state index in [4.69, 9.17) is 16.7 Å². The molecule has 2 aromatic carbocycles. The van der Waals surface area contributed by atoms with E-state index in [-0.39, 0.29) is 6.42 Å². The molecule has 0 aliphatic carbocycles. The van der Waals surface area contributed by atoms with E-state index >= 15 is 0 Å². The molecule has 1 heterocycles. The zero-order valence-corrected chi connectivity index (χ0v) is 15.6. The molecule has 0 radical (unpaired) electrons. The van der Waals surface area contributed by atoms with Crippen molar-refractivity contribution >= 4 is 29.6 Å². The Morgan fingerprint density at radius 2 is 1.86 bits per heavy atom. The van der Waals surface area contributed by atoms with E-state index in [1.54, 1.807) is 47.4 Å². The predicted molar refractivity (Wildman–Crippen MR) is 107 cm³/mol. The lowest BCUT2D eigenvalue weighted by Gasteiger charge is -2.16. The molecule has 0 spiro atoms. The molecule has 142 valence electrons. The Morgan fingerprint density at radius 3 is 2.54 bits per heavy atom. The number of carboxylic acid groups (broad SMARTS) is 1. The molecule has 0 saturated heterocycles. The van der Waals surface area contributed by atoms with Crippen molar-refractivity contribution in [1.29, 1.82) is 0 Å². The van der Waals surface area contributed by atoms with Crippen LogP contribution in [0.1, 0.15) is 23.6 Å². The number of amides is 1. The van der Waals surface area contributed by atoms with Crippen LogP contribution in [0, 0.1) is 0 Å². The van der Waals surface area contributed by atoms with E-state index in [1.807, 2.05) is 30.3 Å². The molecule has 1 unspecified atom stereocenters. The molecule has 0 aliphatic heterocycles. The second-order valence-electron chi connectivity index (χ2n) is 6.10. The maximum Gasteiger partial charge on any atom is 0.305 e. The van der Waals surface area contributed by atoms with Crippen molar-refractivity contribution < 1.29 is 14.7 Å². The molecule has 1 atom stereocenters. The molecule has 0 aliphatic rings. The quantitative estimate of drug-likeness (QED) is 0.595. The number of carbonyl (C=O) groups is 2. The van der Waals surface area contributed by atoms with Crippen molar-refractivity contribution in [1.82, 2.24) is 15.1 Å². The third kappa shape index (κ3) is 5.31. The minimum Gasteiger partial charge on any atom is -0.481 e. The van der Waals surface area contributed by atoms with Crippen molar-refractivity contribution in [3.63, 3.8) is 0 Å². The van der Waals surface area contributed by atoms with Gasteiger partial charge in [-0.25, -0.2) is 4.68 Å². The molecule has 0 bridgehead atoms. The molecule has 0 fully saturated rings. The van der Waals surface area contributed by atoms with Gasteiger partial charge in [0.1, 0.15) is 0 Å². The highest BCUT2D eigenvalue weighted by Crippen LogP contribution is 2.19. The summed E-state index contributed by atoms with van der Waals surface area (Å²) in [6.07, 6.45) is 6.20. The Hall–Kier alpha value is -3.38. The van der Waals surface area contributed by atoms with Gasteiger partial charge in [-0.15, -0.1) is 0 Å². The second kappa shape index (κ2) is 9.01. The van der Waals surface area contributed by atoms with Crippen molar-refractivity contribution in [3.8, 4) is 5.69 Å². The minimum absolute atomic E-state index is 0.229. The average molecular weight is 396 g/mol. The molecule has 28 heavy (non-hydrogen) atoms. The van der Waals surface area contributed by atoms with Gasteiger partial charge in [-0.05, 0) is 35.9 Å². The SMILES string of the molecule is O=C(O)CC(NC(=O)/C=C/c1cnn(-c2ccccc2)c1)c1ccc(Cl)cc1. The van der Waals surface area contributed by atoms with E-state index < -0.39 is 17.9 Å². The zero-order chi connectivity index (χ0) is 19.9. The predicted octanol–water partition coefficient (Wildman–Crippen LogP) is 3.87. The van der Waals surface area contributed by atoms with Gasteiger partial charge in [-0.3, -0.25) is 9.59 Å². The molecule has 3 rings (SSSR count). The molecule has 0 saturated carbocycles. The first-order chi connectivity index (χ1) is 13.5. The normalized spacial score (nSPS) is 12.0. The van der Waals surface area contributed by atoms with Crippen LogP contribution >= 0.6 is 11.6 Å². The second-order valence-corrected chi connectivity index (χ2v) is 6.53. The van der Waals surface area contributed by atoms with Crippen LogP contribution in [0.15, 0.2) is 73.1 Å². The first-order valence-electron chi connectivity index (χ1n) is 8.57. The highest BCUT2D eigenvalue weighted by Gasteiger charge is 2.17.